The van der Waals surface area contributed by atoms with Crippen LogP contribution >= 0.6 is 12.2 Å². The summed E-state index contributed by atoms with van der Waals surface area (Å²) in [6, 6.07) is 15.8. The van der Waals surface area contributed by atoms with Crippen LogP contribution in [0.15, 0.2) is 54.6 Å². The molecule has 0 saturated carbocycles. The zero-order chi connectivity index (χ0) is 17.5. The zero-order valence-corrected chi connectivity index (χ0v) is 14.3. The van der Waals surface area contributed by atoms with Gasteiger partial charge in [0.2, 0.25) is 0 Å². The first kappa shape index (κ1) is 17.6. The lowest BCUT2D eigenvalue weighted by atomic mass is 10.2. The van der Waals surface area contributed by atoms with E-state index in [0.717, 1.165) is 0 Å². The van der Waals surface area contributed by atoms with Crippen molar-refractivity contribution in [2.45, 2.75) is 19.9 Å². The monoisotopic (exact) mass is 341 g/mol. The lowest BCUT2D eigenvalue weighted by molar-refractivity contribution is 0.0941. The molecule has 0 aliphatic heterocycles. The van der Waals surface area contributed by atoms with Gasteiger partial charge in [-0.25, -0.2) is 0 Å². The summed E-state index contributed by atoms with van der Waals surface area (Å²) in [5.74, 6) is -0.405. The molecule has 0 atom stereocenters. The number of hydrogen-bond donors (Lipinski definition) is 3. The first-order valence-corrected chi connectivity index (χ1v) is 7.95. The standard InChI is InChI=1S/C18H19N3O2S/c1-12(2)19-16(22)14-8-10-15(11-9-14)20-18(24)21-17(23)13-6-4-3-5-7-13/h3-12H,1-2H3,(H,19,22)(H2,20,21,23,24). The molecule has 5 nitrogen and oxygen atoms in total. The van der Waals surface area contributed by atoms with Crippen LogP contribution in [0.3, 0.4) is 0 Å². The van der Waals surface area contributed by atoms with E-state index >= 15 is 0 Å². The van der Waals surface area contributed by atoms with Crippen LogP contribution in [0.1, 0.15) is 34.6 Å². The normalized spacial score (nSPS) is 10.1. The first-order valence-electron chi connectivity index (χ1n) is 7.54. The lowest BCUT2D eigenvalue weighted by Crippen LogP contribution is -2.34. The summed E-state index contributed by atoms with van der Waals surface area (Å²) in [6.45, 7) is 3.81. The molecule has 0 heterocycles. The quantitative estimate of drug-likeness (QED) is 0.748. The molecule has 2 amide bonds. The third kappa shape index (κ3) is 5.17. The average Bonchev–Trinajstić information content (AvgIpc) is 2.55. The van der Waals surface area contributed by atoms with Crippen molar-refractivity contribution in [2.75, 3.05) is 5.32 Å². The highest BCUT2D eigenvalue weighted by Gasteiger charge is 2.09. The number of hydrogen-bond acceptors (Lipinski definition) is 3. The summed E-state index contributed by atoms with van der Waals surface area (Å²) in [4.78, 5) is 23.9. The number of anilines is 1. The second-order valence-corrected chi connectivity index (χ2v) is 5.89. The highest BCUT2D eigenvalue weighted by Crippen LogP contribution is 2.10. The minimum absolute atomic E-state index is 0.0797. The Morgan fingerprint density at radius 1 is 0.875 bits per heavy atom. The van der Waals surface area contributed by atoms with Crippen LogP contribution in [0, 0.1) is 0 Å². The van der Waals surface area contributed by atoms with Crippen molar-refractivity contribution in [1.82, 2.24) is 10.6 Å². The van der Waals surface area contributed by atoms with Crippen LogP contribution < -0.4 is 16.0 Å². The van der Waals surface area contributed by atoms with E-state index in [1.165, 1.54) is 0 Å². The number of benzene rings is 2. The molecule has 0 fully saturated rings. The third-order valence-electron chi connectivity index (χ3n) is 3.09. The molecule has 124 valence electrons. The van der Waals surface area contributed by atoms with Crippen molar-refractivity contribution in [2.24, 2.45) is 0 Å². The molecule has 24 heavy (non-hydrogen) atoms. The van der Waals surface area contributed by atoms with Gasteiger partial charge in [0, 0.05) is 22.9 Å². The van der Waals surface area contributed by atoms with Gasteiger partial charge >= 0.3 is 0 Å². The van der Waals surface area contributed by atoms with Gasteiger partial charge in [0.15, 0.2) is 5.11 Å². The molecular formula is C18H19N3O2S. The van der Waals surface area contributed by atoms with E-state index in [0.29, 0.717) is 16.8 Å². The molecule has 6 heteroatoms. The van der Waals surface area contributed by atoms with E-state index in [1.807, 2.05) is 19.9 Å². The van der Waals surface area contributed by atoms with Crippen LogP contribution in [0.5, 0.6) is 0 Å². The molecule has 0 aliphatic rings. The maximum atomic E-state index is 12.0. The number of amides is 2. The van der Waals surface area contributed by atoms with Crippen molar-refractivity contribution in [3.05, 3.63) is 65.7 Å². The number of thiocarbonyl (C=S) groups is 1. The van der Waals surface area contributed by atoms with Gasteiger partial charge in [-0.1, -0.05) is 18.2 Å². The molecule has 0 aromatic heterocycles. The van der Waals surface area contributed by atoms with E-state index < -0.39 is 0 Å². The second-order valence-electron chi connectivity index (χ2n) is 5.48. The smallest absolute Gasteiger partial charge is 0.257 e. The Morgan fingerprint density at radius 3 is 2.04 bits per heavy atom. The molecule has 2 rings (SSSR count). The molecule has 3 N–H and O–H groups in total. The van der Waals surface area contributed by atoms with Crippen molar-refractivity contribution in [3.63, 3.8) is 0 Å². The molecule has 0 spiro atoms. The van der Waals surface area contributed by atoms with Crippen LogP contribution in [0.4, 0.5) is 5.69 Å². The SMILES string of the molecule is CC(C)NC(=O)c1ccc(NC(=S)NC(=O)c2ccccc2)cc1. The number of carbonyl (C=O) groups excluding carboxylic acids is 2. The summed E-state index contributed by atoms with van der Waals surface area (Å²) in [5, 5.41) is 8.55. The Labute approximate surface area is 146 Å². The number of nitrogens with one attached hydrogen (secondary N) is 3. The van der Waals surface area contributed by atoms with Gasteiger partial charge < -0.3 is 10.6 Å². The van der Waals surface area contributed by atoms with Gasteiger partial charge in [-0.2, -0.15) is 0 Å². The first-order chi connectivity index (χ1) is 11.5. The van der Waals surface area contributed by atoms with Crippen molar-refractivity contribution >= 4 is 34.8 Å². The van der Waals surface area contributed by atoms with E-state index in [1.54, 1.807) is 48.5 Å². The topological polar surface area (TPSA) is 70.2 Å². The predicted octanol–water partition coefficient (Wildman–Crippen LogP) is 2.95. The molecule has 0 unspecified atom stereocenters. The maximum Gasteiger partial charge on any atom is 0.257 e. The van der Waals surface area contributed by atoms with Crippen molar-refractivity contribution in [1.29, 1.82) is 0 Å². The molecule has 0 radical (unpaired) electrons. The van der Waals surface area contributed by atoms with Crippen molar-refractivity contribution in [3.8, 4) is 0 Å². The average molecular weight is 341 g/mol. The van der Waals surface area contributed by atoms with Gasteiger partial charge in [0.1, 0.15) is 0 Å². The number of carbonyl (C=O) groups is 2. The molecule has 0 aliphatic carbocycles. The lowest BCUT2D eigenvalue weighted by Gasteiger charge is -2.11. The summed E-state index contributed by atoms with van der Waals surface area (Å²) < 4.78 is 0. The van der Waals surface area contributed by atoms with Gasteiger partial charge in [-0.15, -0.1) is 0 Å². The fourth-order valence-corrected chi connectivity index (χ4v) is 2.19. The van der Waals surface area contributed by atoms with E-state index in [9.17, 15) is 9.59 Å². The Bertz CT molecular complexity index is 728. The Kier molecular flexibility index (Phi) is 6.03. The third-order valence-corrected chi connectivity index (χ3v) is 3.29. The second kappa shape index (κ2) is 8.21. The summed E-state index contributed by atoms with van der Waals surface area (Å²) in [6.07, 6.45) is 0. The molecule has 0 bridgehead atoms. The fraction of sp³-hybridized carbons (Fsp3) is 0.167. The van der Waals surface area contributed by atoms with E-state index in [2.05, 4.69) is 16.0 Å². The summed E-state index contributed by atoms with van der Waals surface area (Å²) in [7, 11) is 0. The van der Waals surface area contributed by atoms with Crippen LogP contribution in [-0.4, -0.2) is 23.0 Å². The summed E-state index contributed by atoms with van der Waals surface area (Å²) >= 11 is 5.13. The van der Waals surface area contributed by atoms with Gasteiger partial charge in [0.05, 0.1) is 0 Å². The molecule has 0 saturated heterocycles. The van der Waals surface area contributed by atoms with Crippen LogP contribution in [0.2, 0.25) is 0 Å². The van der Waals surface area contributed by atoms with Crippen molar-refractivity contribution < 1.29 is 9.59 Å². The summed E-state index contributed by atoms with van der Waals surface area (Å²) in [5.41, 5.74) is 1.78. The Morgan fingerprint density at radius 2 is 1.46 bits per heavy atom. The maximum absolute atomic E-state index is 12.0. The predicted molar refractivity (Wildman–Crippen MR) is 99.2 cm³/mol. The van der Waals surface area contributed by atoms with E-state index in [-0.39, 0.29) is 23.0 Å². The highest BCUT2D eigenvalue weighted by molar-refractivity contribution is 7.80. The largest absolute Gasteiger partial charge is 0.350 e. The molecular weight excluding hydrogens is 322 g/mol. The van der Waals surface area contributed by atoms with E-state index in [4.69, 9.17) is 12.2 Å². The molecule has 2 aromatic carbocycles. The molecule has 2 aromatic rings. The van der Waals surface area contributed by atoms with Crippen LogP contribution in [-0.2, 0) is 0 Å². The Balaban J connectivity index is 1.92. The van der Waals surface area contributed by atoms with Crippen LogP contribution in [0.25, 0.3) is 0 Å². The minimum Gasteiger partial charge on any atom is -0.350 e. The fourth-order valence-electron chi connectivity index (χ4n) is 1.98. The highest BCUT2D eigenvalue weighted by atomic mass is 32.1. The van der Waals surface area contributed by atoms with Gasteiger partial charge in [-0.3, -0.25) is 14.9 Å². The zero-order valence-electron chi connectivity index (χ0n) is 13.5. The Hall–Kier alpha value is -2.73. The number of rotatable bonds is 4. The minimum atomic E-state index is -0.277. The van der Waals surface area contributed by atoms with Gasteiger partial charge in [-0.05, 0) is 62.5 Å². The van der Waals surface area contributed by atoms with Gasteiger partial charge in [0.25, 0.3) is 11.8 Å².